The van der Waals surface area contributed by atoms with E-state index < -0.39 is 125 Å². The van der Waals surface area contributed by atoms with Gasteiger partial charge in [0.2, 0.25) is 11.6 Å². The molecule has 0 spiro atoms. The van der Waals surface area contributed by atoms with E-state index in [4.69, 9.17) is 14.2 Å². The Morgan fingerprint density at radius 3 is 2.16 bits per heavy atom. The number of methoxy groups -OCH3 is 1. The number of ether oxygens (including phenoxy) is 4. The molecule has 278 valence electrons. The number of amides is 1. The minimum atomic E-state index is -2.14. The van der Waals surface area contributed by atoms with Gasteiger partial charge in [-0.3, -0.25) is 9.59 Å². The third-order valence-electron chi connectivity index (χ3n) is 8.17. The molecule has 0 radical (unpaired) electrons. The van der Waals surface area contributed by atoms with E-state index in [0.29, 0.717) is 17.3 Å². The molecule has 0 saturated carbocycles. The molecule has 0 bridgehead atoms. The smallest absolute Gasteiger partial charge is 0.303 e. The van der Waals surface area contributed by atoms with Crippen molar-refractivity contribution in [2.45, 2.75) is 66.5 Å². The van der Waals surface area contributed by atoms with Crippen molar-refractivity contribution in [2.75, 3.05) is 20.3 Å². The van der Waals surface area contributed by atoms with E-state index >= 15 is 0 Å². The van der Waals surface area contributed by atoms with Crippen molar-refractivity contribution >= 4 is 23.6 Å². The van der Waals surface area contributed by atoms with Crippen LogP contribution >= 0.6 is 11.8 Å². The number of benzene rings is 2. The van der Waals surface area contributed by atoms with Crippen LogP contribution in [0.2, 0.25) is 0 Å². The fraction of sp³-hybridized carbons (Fsp3) is 0.467. The van der Waals surface area contributed by atoms with Crippen LogP contribution in [0.1, 0.15) is 23.3 Å². The first-order chi connectivity index (χ1) is 24.2. The topological polar surface area (TPSA) is 215 Å². The molecule has 1 aromatic heterocycles. The first-order valence-corrected chi connectivity index (χ1v) is 15.9. The van der Waals surface area contributed by atoms with Gasteiger partial charge in [0.1, 0.15) is 64.5 Å². The molecule has 2 saturated heterocycles. The van der Waals surface area contributed by atoms with Crippen LogP contribution in [0.3, 0.4) is 0 Å². The number of carbonyl (C=O) groups is 2. The molecule has 6 N–H and O–H groups in total. The summed E-state index contributed by atoms with van der Waals surface area (Å²) in [6, 6.07) is 2.04. The molecule has 15 nitrogen and oxygen atoms in total. The molecule has 3 aromatic rings. The summed E-state index contributed by atoms with van der Waals surface area (Å²) in [5.41, 5.74) is -4.41. The largest absolute Gasteiger partial charge is 0.491 e. The number of aliphatic hydroxyl groups is 5. The van der Waals surface area contributed by atoms with Crippen LogP contribution < -0.4 is 10.1 Å². The van der Waals surface area contributed by atoms with E-state index in [1.54, 1.807) is 0 Å². The molecular formula is C30H31F5N4O11S. The summed E-state index contributed by atoms with van der Waals surface area (Å²) in [5.74, 6) is -13.1. The number of nitrogens with one attached hydrogen (secondary N) is 1. The summed E-state index contributed by atoms with van der Waals surface area (Å²) < 4.78 is 94.3. The van der Waals surface area contributed by atoms with Gasteiger partial charge >= 0.3 is 5.97 Å². The minimum Gasteiger partial charge on any atom is -0.491 e. The lowest BCUT2D eigenvalue weighted by Gasteiger charge is -2.47. The molecule has 0 aliphatic carbocycles. The normalized spacial score (nSPS) is 29.4. The van der Waals surface area contributed by atoms with Crippen molar-refractivity contribution < 1.29 is 76.0 Å². The van der Waals surface area contributed by atoms with E-state index in [1.807, 2.05) is 5.32 Å². The van der Waals surface area contributed by atoms with Crippen LogP contribution in [0.15, 0.2) is 30.5 Å². The summed E-state index contributed by atoms with van der Waals surface area (Å²) in [5, 5.41) is 63.2. The van der Waals surface area contributed by atoms with Gasteiger partial charge in [-0.2, -0.15) is 8.78 Å². The standard InChI is InChI=1S/C30H31F5N4O11S/c1-10(42)48-27-22(39-7-13(37-38-39)11-4-3-5-12(31)6-11)24(44)15(9-41)50-30(27)51-29-25(45)21(23(43)14(8-40)49-29)36-28(46)16-17(32)19(34)26(47-2)20(35)18(16)33/h3-7,14-15,21-25,27,29-30,40-41,43-45H,8-9H2,1-2H3,(H,36,46)/t14?,15-,21+,22?,23+,24?,25?,27?,29+,30-/m1/s1. The molecular weight excluding hydrogens is 719 g/mol. The molecule has 5 rings (SSSR count). The predicted octanol–water partition coefficient (Wildman–Crippen LogP) is 0.171. The van der Waals surface area contributed by atoms with Crippen molar-refractivity contribution in [1.82, 2.24) is 20.3 Å². The van der Waals surface area contributed by atoms with Crippen molar-refractivity contribution in [3.05, 3.63) is 65.1 Å². The third-order valence-corrected chi connectivity index (χ3v) is 9.47. The maximum absolute atomic E-state index is 14.7. The average Bonchev–Trinajstić information content (AvgIpc) is 3.58. The molecule has 2 fully saturated rings. The Morgan fingerprint density at radius 2 is 1.57 bits per heavy atom. The van der Waals surface area contributed by atoms with Gasteiger partial charge in [-0.1, -0.05) is 29.1 Å². The van der Waals surface area contributed by atoms with Gasteiger partial charge in [-0.25, -0.2) is 17.9 Å². The fourth-order valence-electron chi connectivity index (χ4n) is 5.71. The molecule has 2 aromatic carbocycles. The number of aliphatic hydroxyl groups excluding tert-OH is 5. The number of hydrogen-bond acceptors (Lipinski definition) is 14. The van der Waals surface area contributed by atoms with Crippen LogP contribution in [-0.2, 0) is 19.0 Å². The second kappa shape index (κ2) is 15.7. The molecule has 51 heavy (non-hydrogen) atoms. The fourth-order valence-corrected chi connectivity index (χ4v) is 7.09. The van der Waals surface area contributed by atoms with Gasteiger partial charge in [0.15, 0.2) is 23.5 Å². The number of thioether (sulfide) groups is 1. The number of nitrogens with zero attached hydrogens (tertiary/aromatic N) is 3. The first kappa shape index (κ1) is 38.3. The maximum Gasteiger partial charge on any atom is 0.303 e. The molecule has 10 atom stereocenters. The summed E-state index contributed by atoms with van der Waals surface area (Å²) in [6.45, 7) is -0.724. The number of halogens is 5. The third kappa shape index (κ3) is 7.51. The zero-order valence-electron chi connectivity index (χ0n) is 26.4. The Bertz CT molecular complexity index is 1730. The Morgan fingerprint density at radius 1 is 0.941 bits per heavy atom. The highest BCUT2D eigenvalue weighted by Crippen LogP contribution is 2.42. The highest BCUT2D eigenvalue weighted by atomic mass is 32.2. The number of carbonyl (C=O) groups excluding carboxylic acids is 2. The van der Waals surface area contributed by atoms with E-state index in [0.717, 1.165) is 18.7 Å². The Kier molecular flexibility index (Phi) is 11.8. The van der Waals surface area contributed by atoms with Crippen molar-refractivity contribution in [3.63, 3.8) is 0 Å². The van der Waals surface area contributed by atoms with Gasteiger partial charge < -0.3 is 49.8 Å². The summed E-state index contributed by atoms with van der Waals surface area (Å²) in [6.07, 6.45) is -8.85. The van der Waals surface area contributed by atoms with Crippen LogP contribution in [-0.4, -0.2) is 126 Å². The summed E-state index contributed by atoms with van der Waals surface area (Å²) >= 11 is 0.525. The molecule has 1 amide bonds. The van der Waals surface area contributed by atoms with E-state index in [2.05, 4.69) is 15.0 Å². The van der Waals surface area contributed by atoms with Crippen molar-refractivity contribution in [3.8, 4) is 17.0 Å². The first-order valence-electron chi connectivity index (χ1n) is 15.0. The van der Waals surface area contributed by atoms with E-state index in [9.17, 15) is 57.1 Å². The minimum absolute atomic E-state index is 0.147. The van der Waals surface area contributed by atoms with Gasteiger partial charge in [0.05, 0.1) is 32.6 Å². The maximum atomic E-state index is 14.7. The average molecular weight is 751 g/mol. The monoisotopic (exact) mass is 750 g/mol. The molecule has 5 unspecified atom stereocenters. The Hall–Kier alpha value is -3.96. The number of esters is 1. The molecule has 2 aliphatic heterocycles. The van der Waals surface area contributed by atoms with Gasteiger partial charge in [-0.15, -0.1) is 5.10 Å². The summed E-state index contributed by atoms with van der Waals surface area (Å²) in [4.78, 5) is 25.3. The second-order valence-electron chi connectivity index (χ2n) is 11.4. The number of rotatable bonds is 10. The van der Waals surface area contributed by atoms with Crippen LogP contribution in [0.5, 0.6) is 5.75 Å². The lowest BCUT2D eigenvalue weighted by atomic mass is 9.96. The van der Waals surface area contributed by atoms with Crippen molar-refractivity contribution in [1.29, 1.82) is 0 Å². The van der Waals surface area contributed by atoms with E-state index in [-0.39, 0.29) is 5.69 Å². The van der Waals surface area contributed by atoms with Gasteiger partial charge in [-0.05, 0) is 12.1 Å². The van der Waals surface area contributed by atoms with Gasteiger partial charge in [0.25, 0.3) is 5.91 Å². The SMILES string of the molecule is COc1c(F)c(F)c(C(=O)N[C@@H]2C(O)[C@H](S[C@H]3O[C@H](CO)C(O)C(n4cc(-c5cccc(F)c5)nn4)C3OC(C)=O)OC(CO)[C@@H]2O)c(F)c1F. The lowest BCUT2D eigenvalue weighted by Crippen LogP contribution is -2.65. The van der Waals surface area contributed by atoms with Gasteiger partial charge in [0, 0.05) is 12.5 Å². The number of hydrogen-bond donors (Lipinski definition) is 6. The van der Waals surface area contributed by atoms with E-state index in [1.165, 1.54) is 30.5 Å². The van der Waals surface area contributed by atoms with Crippen LogP contribution in [0.4, 0.5) is 22.0 Å². The number of aromatic nitrogens is 3. The highest BCUT2D eigenvalue weighted by molar-refractivity contribution is 8.00. The van der Waals surface area contributed by atoms with Crippen LogP contribution in [0.25, 0.3) is 11.3 Å². The lowest BCUT2D eigenvalue weighted by molar-refractivity contribution is -0.199. The predicted molar refractivity (Wildman–Crippen MR) is 161 cm³/mol. The molecule has 2 aliphatic rings. The Balaban J connectivity index is 1.45. The molecule has 21 heteroatoms. The highest BCUT2D eigenvalue weighted by Gasteiger charge is 2.53. The zero-order valence-corrected chi connectivity index (χ0v) is 27.2. The quantitative estimate of drug-likeness (QED) is 0.0927. The zero-order chi connectivity index (χ0) is 37.3. The Labute approximate surface area is 288 Å². The summed E-state index contributed by atoms with van der Waals surface area (Å²) in [7, 11) is 0.728. The second-order valence-corrected chi connectivity index (χ2v) is 12.6. The molecule has 3 heterocycles. The van der Waals surface area contributed by atoms with Crippen LogP contribution in [0, 0.1) is 29.1 Å². The van der Waals surface area contributed by atoms with Crippen molar-refractivity contribution in [2.24, 2.45) is 0 Å².